The summed E-state index contributed by atoms with van der Waals surface area (Å²) in [6.07, 6.45) is 1.11. The fraction of sp³-hybridized carbons (Fsp3) is 0.350. The summed E-state index contributed by atoms with van der Waals surface area (Å²) in [7, 11) is 1.14. The summed E-state index contributed by atoms with van der Waals surface area (Å²) < 4.78 is 39.6. The normalized spacial score (nSPS) is 12.2. The van der Waals surface area contributed by atoms with Crippen molar-refractivity contribution in [2.24, 2.45) is 0 Å². The number of carbonyl (C=O) groups is 1. The van der Waals surface area contributed by atoms with Crippen molar-refractivity contribution in [1.82, 2.24) is 5.32 Å². The Balaban J connectivity index is 2.35. The van der Waals surface area contributed by atoms with Crippen LogP contribution in [0.25, 0.3) is 0 Å². The fourth-order valence-electron chi connectivity index (χ4n) is 2.79. The molecule has 0 aliphatic carbocycles. The molecule has 2 aromatic rings. The Kier molecular flexibility index (Phi) is 6.56. The molecule has 7 nitrogen and oxygen atoms in total. The number of sulfone groups is 1. The van der Waals surface area contributed by atoms with Crippen molar-refractivity contribution >= 4 is 15.7 Å². The molecule has 0 fully saturated rings. The fourth-order valence-corrected chi connectivity index (χ4v) is 3.43. The topological polar surface area (TPSA) is 90.9 Å². The van der Waals surface area contributed by atoms with E-state index in [2.05, 4.69) is 5.32 Å². The molecule has 0 aromatic heterocycles. The SMILES string of the molecule is COc1cc(C(C)NC(=O)c2cc(S(C)(=O)=O)ccc2C)cc(OC)c1OC. The number of nitrogens with one attached hydrogen (secondary N) is 1. The minimum absolute atomic E-state index is 0.101. The molecule has 1 atom stereocenters. The number of benzene rings is 2. The molecule has 0 saturated carbocycles. The highest BCUT2D eigenvalue weighted by atomic mass is 32.2. The highest BCUT2D eigenvalue weighted by Gasteiger charge is 2.20. The van der Waals surface area contributed by atoms with E-state index in [-0.39, 0.29) is 16.8 Å². The molecular formula is C20H25NO6S. The number of carbonyl (C=O) groups excluding carboxylic acids is 1. The molecule has 0 bridgehead atoms. The van der Waals surface area contributed by atoms with Gasteiger partial charge in [0.1, 0.15) is 0 Å². The van der Waals surface area contributed by atoms with Gasteiger partial charge in [0.2, 0.25) is 5.75 Å². The van der Waals surface area contributed by atoms with Crippen LogP contribution >= 0.6 is 0 Å². The van der Waals surface area contributed by atoms with Crippen molar-refractivity contribution < 1.29 is 27.4 Å². The first kappa shape index (κ1) is 21.6. The summed E-state index contributed by atoms with van der Waals surface area (Å²) in [5, 5.41) is 2.89. The van der Waals surface area contributed by atoms with Gasteiger partial charge in [0.05, 0.1) is 32.3 Å². The molecule has 0 radical (unpaired) electrons. The molecule has 0 aliphatic rings. The molecule has 0 saturated heterocycles. The van der Waals surface area contributed by atoms with E-state index in [1.807, 2.05) is 6.92 Å². The van der Waals surface area contributed by atoms with Crippen molar-refractivity contribution in [1.29, 1.82) is 0 Å². The molecule has 8 heteroatoms. The van der Waals surface area contributed by atoms with Gasteiger partial charge in [-0.2, -0.15) is 0 Å². The lowest BCUT2D eigenvalue weighted by Crippen LogP contribution is -2.27. The Morgan fingerprint density at radius 1 is 1.00 bits per heavy atom. The first-order valence-corrected chi connectivity index (χ1v) is 10.4. The van der Waals surface area contributed by atoms with Crippen molar-refractivity contribution in [3.8, 4) is 17.2 Å². The van der Waals surface area contributed by atoms with Crippen LogP contribution < -0.4 is 19.5 Å². The lowest BCUT2D eigenvalue weighted by atomic mass is 10.0. The summed E-state index contributed by atoms with van der Waals surface area (Å²) >= 11 is 0. The molecule has 1 amide bonds. The van der Waals surface area contributed by atoms with Gasteiger partial charge in [-0.1, -0.05) is 6.07 Å². The number of methoxy groups -OCH3 is 3. The maximum atomic E-state index is 12.8. The van der Waals surface area contributed by atoms with Crippen LogP contribution in [0.4, 0.5) is 0 Å². The van der Waals surface area contributed by atoms with Crippen molar-refractivity contribution in [2.45, 2.75) is 24.8 Å². The van der Waals surface area contributed by atoms with E-state index in [4.69, 9.17) is 14.2 Å². The monoisotopic (exact) mass is 407 g/mol. The van der Waals surface area contributed by atoms with E-state index in [0.717, 1.165) is 11.8 Å². The lowest BCUT2D eigenvalue weighted by molar-refractivity contribution is 0.0939. The smallest absolute Gasteiger partial charge is 0.252 e. The predicted octanol–water partition coefficient (Wildman–Crippen LogP) is 2.92. The molecule has 0 spiro atoms. The summed E-state index contributed by atoms with van der Waals surface area (Å²) in [5.41, 5.74) is 1.74. The molecule has 1 N–H and O–H groups in total. The highest BCUT2D eigenvalue weighted by Crippen LogP contribution is 2.39. The Labute approximate surface area is 165 Å². The minimum Gasteiger partial charge on any atom is -0.493 e. The van der Waals surface area contributed by atoms with Crippen LogP contribution in [0.5, 0.6) is 17.2 Å². The number of hydrogen-bond donors (Lipinski definition) is 1. The average molecular weight is 407 g/mol. The Morgan fingerprint density at radius 2 is 1.57 bits per heavy atom. The molecule has 152 valence electrons. The van der Waals surface area contributed by atoms with Crippen LogP contribution in [0.2, 0.25) is 0 Å². The second kappa shape index (κ2) is 8.52. The molecule has 2 aromatic carbocycles. The first-order chi connectivity index (χ1) is 13.1. The van der Waals surface area contributed by atoms with Gasteiger partial charge in [0.25, 0.3) is 5.91 Å². The summed E-state index contributed by atoms with van der Waals surface area (Å²) in [6, 6.07) is 7.63. The summed E-state index contributed by atoms with van der Waals surface area (Å²) in [4.78, 5) is 12.9. The number of amides is 1. The zero-order valence-electron chi connectivity index (χ0n) is 16.8. The average Bonchev–Trinajstić information content (AvgIpc) is 2.65. The van der Waals surface area contributed by atoms with E-state index in [9.17, 15) is 13.2 Å². The second-order valence-electron chi connectivity index (χ2n) is 6.40. The van der Waals surface area contributed by atoms with Gasteiger partial charge in [-0.25, -0.2) is 8.42 Å². The van der Waals surface area contributed by atoms with Crippen molar-refractivity contribution in [3.63, 3.8) is 0 Å². The molecular weight excluding hydrogens is 382 g/mol. The van der Waals surface area contributed by atoms with Gasteiger partial charge in [-0.05, 0) is 49.2 Å². The summed E-state index contributed by atoms with van der Waals surface area (Å²) in [5.74, 6) is 1.05. The van der Waals surface area contributed by atoms with Gasteiger partial charge in [0.15, 0.2) is 21.3 Å². The van der Waals surface area contributed by atoms with Crippen LogP contribution in [0.3, 0.4) is 0 Å². The maximum Gasteiger partial charge on any atom is 0.252 e. The molecule has 2 rings (SSSR count). The minimum atomic E-state index is -3.41. The number of rotatable bonds is 7. The largest absolute Gasteiger partial charge is 0.493 e. The van der Waals surface area contributed by atoms with Gasteiger partial charge in [-0.15, -0.1) is 0 Å². The third kappa shape index (κ3) is 4.56. The van der Waals surface area contributed by atoms with Crippen LogP contribution in [0.1, 0.15) is 34.5 Å². The predicted molar refractivity (Wildman–Crippen MR) is 106 cm³/mol. The molecule has 28 heavy (non-hydrogen) atoms. The van der Waals surface area contributed by atoms with Gasteiger partial charge in [-0.3, -0.25) is 4.79 Å². The van der Waals surface area contributed by atoms with E-state index in [1.54, 1.807) is 25.1 Å². The second-order valence-corrected chi connectivity index (χ2v) is 8.42. The molecule has 0 aliphatic heterocycles. The number of hydrogen-bond acceptors (Lipinski definition) is 6. The number of aryl methyl sites for hydroxylation is 1. The highest BCUT2D eigenvalue weighted by molar-refractivity contribution is 7.90. The van der Waals surface area contributed by atoms with Crippen LogP contribution in [0, 0.1) is 6.92 Å². The Morgan fingerprint density at radius 3 is 2.04 bits per heavy atom. The van der Waals surface area contributed by atoms with E-state index >= 15 is 0 Å². The number of ether oxygens (including phenoxy) is 3. The maximum absolute atomic E-state index is 12.8. The van der Waals surface area contributed by atoms with E-state index < -0.39 is 9.84 Å². The first-order valence-electron chi connectivity index (χ1n) is 8.53. The Bertz CT molecular complexity index is 959. The van der Waals surface area contributed by atoms with Crippen LogP contribution in [-0.4, -0.2) is 41.9 Å². The zero-order chi connectivity index (χ0) is 21.1. The third-order valence-corrected chi connectivity index (χ3v) is 5.53. The molecule has 1 unspecified atom stereocenters. The van der Waals surface area contributed by atoms with Gasteiger partial charge < -0.3 is 19.5 Å². The third-order valence-electron chi connectivity index (χ3n) is 4.42. The summed E-state index contributed by atoms with van der Waals surface area (Å²) in [6.45, 7) is 3.57. The van der Waals surface area contributed by atoms with Crippen molar-refractivity contribution in [2.75, 3.05) is 27.6 Å². The van der Waals surface area contributed by atoms with E-state index in [0.29, 0.717) is 28.4 Å². The quantitative estimate of drug-likeness (QED) is 0.759. The van der Waals surface area contributed by atoms with E-state index in [1.165, 1.54) is 33.5 Å². The van der Waals surface area contributed by atoms with Crippen LogP contribution in [0.15, 0.2) is 35.2 Å². The van der Waals surface area contributed by atoms with Gasteiger partial charge in [0, 0.05) is 11.8 Å². The standard InChI is InChI=1S/C20H25NO6S/c1-12-7-8-15(28(6,23)24)11-16(12)20(22)21-13(2)14-9-17(25-3)19(27-5)18(10-14)26-4/h7-11,13H,1-6H3,(H,21,22). The molecule has 0 heterocycles. The van der Waals surface area contributed by atoms with Gasteiger partial charge >= 0.3 is 0 Å². The lowest BCUT2D eigenvalue weighted by Gasteiger charge is -2.19. The van der Waals surface area contributed by atoms with Crippen molar-refractivity contribution in [3.05, 3.63) is 47.0 Å². The Hall–Kier alpha value is -2.74. The zero-order valence-corrected chi connectivity index (χ0v) is 17.6. The van der Waals surface area contributed by atoms with Crippen LogP contribution in [-0.2, 0) is 9.84 Å².